The molecule has 2 aliphatic heterocycles. The van der Waals surface area contributed by atoms with E-state index in [0.29, 0.717) is 0 Å². The van der Waals surface area contributed by atoms with E-state index < -0.39 is 146 Å². The second-order valence-electron chi connectivity index (χ2n) is 20.0. The number of hydrogen-bond donors (Lipinski definition) is 3. The smallest absolute Gasteiger partial charge is 0.311 e. The molecular weight excluding hydrogens is 704 g/mol. The fourth-order valence-electron chi connectivity index (χ4n) is 13.9. The summed E-state index contributed by atoms with van der Waals surface area (Å²) in [5.41, 5.74) is -7.63. The minimum atomic E-state index is -1.49. The van der Waals surface area contributed by atoms with Crippen LogP contribution in [0.25, 0.3) is 0 Å². The zero-order chi connectivity index (χ0) is 39.8. The Kier molecular flexibility index (Phi) is 7.82. The van der Waals surface area contributed by atoms with Gasteiger partial charge in [0, 0.05) is 67.1 Å². The lowest BCUT2D eigenvalue weighted by Crippen LogP contribution is -2.75. The van der Waals surface area contributed by atoms with Crippen LogP contribution in [0.1, 0.15) is 89.0 Å². The summed E-state index contributed by atoms with van der Waals surface area (Å²) in [6.07, 6.45) is -6.51. The fraction of sp³-hybridized carbons (Fsp3) is 0.875. The summed E-state index contributed by atoms with van der Waals surface area (Å²) >= 11 is 0. The molecule has 8 rings (SSSR count). The van der Waals surface area contributed by atoms with E-state index in [1.165, 1.54) is 20.8 Å². The van der Waals surface area contributed by atoms with Gasteiger partial charge in [0.2, 0.25) is 5.79 Å². The number of carbonyl (C=O) groups is 5. The van der Waals surface area contributed by atoms with Gasteiger partial charge in [0.1, 0.15) is 24.4 Å². The molecule has 0 radical (unpaired) electrons. The second kappa shape index (κ2) is 11.0. The van der Waals surface area contributed by atoms with Crippen molar-refractivity contribution >= 4 is 29.7 Å². The maximum Gasteiger partial charge on any atom is 0.311 e. The van der Waals surface area contributed by atoms with Crippen molar-refractivity contribution in [3.63, 3.8) is 0 Å². The maximum absolute atomic E-state index is 15.6. The van der Waals surface area contributed by atoms with Crippen molar-refractivity contribution in [3.8, 4) is 0 Å². The van der Waals surface area contributed by atoms with Crippen LogP contribution in [0.15, 0.2) is 0 Å². The summed E-state index contributed by atoms with van der Waals surface area (Å²) < 4.78 is 37.6. The quantitative estimate of drug-likeness (QED) is 0.213. The lowest BCUT2D eigenvalue weighted by Gasteiger charge is -2.65. The van der Waals surface area contributed by atoms with Gasteiger partial charge in [-0.3, -0.25) is 24.0 Å². The highest BCUT2D eigenvalue weighted by Gasteiger charge is 2.91. The van der Waals surface area contributed by atoms with Crippen LogP contribution < -0.4 is 0 Å². The first-order valence-corrected chi connectivity index (χ1v) is 19.5. The SMILES string of the molecule is CC(=O)O[C@H]1[C@H]2[C@@H](C(=O)C(OC(=O)C(C)(C)C)[C@H]3C[C@@]4(O)C[C@@H]4[C@H](OC(C)=O)[C@]23C)[C@@H]2[C@@H](O)[C@@H]3C([C@H](C)[C@H]4O[C@]45OC[C@@](C)(O)[C@]35C)[C@@]2(C)[C@H]1OC(C)=O. The molecule has 8 aliphatic rings. The standard InChI is InChI=1S/C40H56O14/c1-15-22-25(38(11)35(8,47)14-49-40(38)30(15)54-40)27(45)23-21-24(29(50-16(2)41)32(37(22,23)10)52-18(4)43)36(9)19(28(26(21)44)53-33(46)34(5,6)7)12-39(48)13-20(39)31(36)51-17(3)42/h15,19-25,27-32,45,47-48H,12-14H2,1-11H3/t15-,19+,20+,21-,22?,23+,24+,25-,27+,28?,29-,30+,31-,32-,35+,36-,37+,38-,39+,40+/m0/s1. The molecular formula is C40H56O14. The number of rotatable bonds is 4. The lowest BCUT2D eigenvalue weighted by atomic mass is 9.40. The zero-order valence-corrected chi connectivity index (χ0v) is 33.0. The maximum atomic E-state index is 15.6. The van der Waals surface area contributed by atoms with Gasteiger partial charge in [-0.2, -0.15) is 0 Å². The van der Waals surface area contributed by atoms with Crippen molar-refractivity contribution in [3.05, 3.63) is 0 Å². The van der Waals surface area contributed by atoms with E-state index in [2.05, 4.69) is 0 Å². The molecule has 1 spiro atoms. The average Bonchev–Trinajstić information content (AvgIpc) is 3.91. The molecule has 2 heterocycles. The van der Waals surface area contributed by atoms with Crippen molar-refractivity contribution in [1.29, 1.82) is 0 Å². The Morgan fingerprint density at radius 1 is 0.778 bits per heavy atom. The van der Waals surface area contributed by atoms with Crippen LogP contribution >= 0.6 is 0 Å². The van der Waals surface area contributed by atoms with Crippen molar-refractivity contribution < 1.29 is 67.7 Å². The zero-order valence-electron chi connectivity index (χ0n) is 33.0. The van der Waals surface area contributed by atoms with Gasteiger partial charge in [0.15, 0.2) is 11.9 Å². The predicted molar refractivity (Wildman–Crippen MR) is 183 cm³/mol. The van der Waals surface area contributed by atoms with Gasteiger partial charge in [0.05, 0.1) is 34.7 Å². The van der Waals surface area contributed by atoms with E-state index in [1.54, 1.807) is 27.7 Å². The Hall–Kier alpha value is -2.65. The van der Waals surface area contributed by atoms with E-state index in [4.69, 9.17) is 28.4 Å². The molecule has 0 aromatic heterocycles. The number of ketones is 1. The molecule has 20 atom stereocenters. The summed E-state index contributed by atoms with van der Waals surface area (Å²) in [5.74, 6) is -10.8. The van der Waals surface area contributed by atoms with Gasteiger partial charge in [0.25, 0.3) is 0 Å². The molecule has 0 bridgehead atoms. The van der Waals surface area contributed by atoms with E-state index in [0.717, 1.165) is 0 Å². The number of fused-ring (bicyclic) bond motifs is 9. The molecule has 14 heteroatoms. The number of esters is 4. The molecule has 54 heavy (non-hydrogen) atoms. The van der Waals surface area contributed by atoms with Crippen LogP contribution in [0.3, 0.4) is 0 Å². The number of aliphatic hydroxyl groups is 3. The minimum Gasteiger partial charge on any atom is -0.462 e. The number of Topliss-reactive ketones (excluding diaryl/α,β-unsaturated/α-hetero) is 1. The third kappa shape index (κ3) is 4.43. The minimum absolute atomic E-state index is 0.0284. The number of carbonyl (C=O) groups excluding carboxylic acids is 5. The average molecular weight is 761 g/mol. The highest BCUT2D eigenvalue weighted by atomic mass is 16.8. The van der Waals surface area contributed by atoms with Crippen molar-refractivity contribution in [2.24, 2.45) is 69.0 Å². The molecule has 0 amide bonds. The summed E-state index contributed by atoms with van der Waals surface area (Å²) in [7, 11) is 0. The topological polar surface area (TPSA) is 205 Å². The molecule has 2 saturated heterocycles. The highest BCUT2D eigenvalue weighted by Crippen LogP contribution is 2.81. The molecule has 8 fully saturated rings. The van der Waals surface area contributed by atoms with Crippen molar-refractivity contribution in [1.82, 2.24) is 0 Å². The Morgan fingerprint density at radius 2 is 1.35 bits per heavy atom. The van der Waals surface area contributed by atoms with Crippen molar-refractivity contribution in [2.45, 2.75) is 143 Å². The van der Waals surface area contributed by atoms with Gasteiger partial charge in [-0.05, 0) is 52.4 Å². The van der Waals surface area contributed by atoms with Crippen LogP contribution in [-0.2, 0) is 52.4 Å². The Morgan fingerprint density at radius 3 is 1.93 bits per heavy atom. The second-order valence-corrected chi connectivity index (χ2v) is 20.0. The van der Waals surface area contributed by atoms with E-state index in [9.17, 15) is 34.5 Å². The third-order valence-corrected chi connectivity index (χ3v) is 16.2. The Bertz CT molecular complexity index is 1720. The van der Waals surface area contributed by atoms with Gasteiger partial charge < -0.3 is 43.7 Å². The molecule has 0 aromatic carbocycles. The lowest BCUT2D eigenvalue weighted by molar-refractivity contribution is -0.276. The van der Waals surface area contributed by atoms with Crippen LogP contribution in [0, 0.1) is 69.0 Å². The molecule has 6 saturated carbocycles. The molecule has 14 nitrogen and oxygen atoms in total. The number of hydrogen-bond acceptors (Lipinski definition) is 14. The van der Waals surface area contributed by atoms with Gasteiger partial charge >= 0.3 is 23.9 Å². The summed E-state index contributed by atoms with van der Waals surface area (Å²) in [6, 6.07) is 0. The summed E-state index contributed by atoms with van der Waals surface area (Å²) in [6.45, 7) is 17.8. The summed E-state index contributed by atoms with van der Waals surface area (Å²) in [4.78, 5) is 68.8. The highest BCUT2D eigenvalue weighted by molar-refractivity contribution is 5.91. The fourth-order valence-corrected chi connectivity index (χ4v) is 13.9. The number of aliphatic hydroxyl groups excluding tert-OH is 1. The molecule has 3 N–H and O–H groups in total. The molecule has 6 aliphatic carbocycles. The first-order valence-electron chi connectivity index (χ1n) is 19.5. The normalized spacial score (nSPS) is 56.0. The van der Waals surface area contributed by atoms with Crippen LogP contribution in [0.5, 0.6) is 0 Å². The van der Waals surface area contributed by atoms with E-state index in [1.807, 2.05) is 27.7 Å². The van der Waals surface area contributed by atoms with Gasteiger partial charge in [-0.1, -0.05) is 27.7 Å². The molecule has 0 aromatic rings. The van der Waals surface area contributed by atoms with E-state index in [-0.39, 0.29) is 25.4 Å². The van der Waals surface area contributed by atoms with Crippen LogP contribution in [0.4, 0.5) is 0 Å². The van der Waals surface area contributed by atoms with Gasteiger partial charge in [-0.25, -0.2) is 0 Å². The third-order valence-electron chi connectivity index (χ3n) is 16.2. The number of epoxide rings is 1. The van der Waals surface area contributed by atoms with E-state index >= 15 is 4.79 Å². The first-order chi connectivity index (χ1) is 24.8. The largest absolute Gasteiger partial charge is 0.462 e. The first kappa shape index (κ1) is 38.2. The summed E-state index contributed by atoms with van der Waals surface area (Å²) in [5, 5.41) is 37.0. The number of ether oxygens (including phenoxy) is 6. The Labute approximate surface area is 315 Å². The predicted octanol–water partition coefficient (Wildman–Crippen LogP) is 2.11. The molecule has 2 unspecified atom stereocenters. The van der Waals surface area contributed by atoms with Crippen LogP contribution in [-0.4, -0.2) is 105 Å². The Balaban J connectivity index is 1.40. The van der Waals surface area contributed by atoms with Crippen molar-refractivity contribution in [2.75, 3.05) is 6.61 Å². The van der Waals surface area contributed by atoms with Crippen LogP contribution in [0.2, 0.25) is 0 Å². The monoisotopic (exact) mass is 760 g/mol. The van der Waals surface area contributed by atoms with Gasteiger partial charge in [-0.15, -0.1) is 0 Å². The molecule has 300 valence electrons.